The fraction of sp³-hybridized carbons (Fsp3) is 0.389. The molecule has 1 N–H and O–H groups in total. The molecule has 140 valence electrons. The Morgan fingerprint density at radius 1 is 1.15 bits per heavy atom. The lowest BCUT2D eigenvalue weighted by Gasteiger charge is -2.28. The van der Waals surface area contributed by atoms with Crippen LogP contribution in [0, 0.1) is 0 Å². The highest BCUT2D eigenvalue weighted by molar-refractivity contribution is 5.51. The number of alkyl halides is 3. The van der Waals surface area contributed by atoms with Crippen LogP contribution in [0.1, 0.15) is 18.5 Å². The number of rotatable bonds is 5. The molecule has 1 atom stereocenters. The van der Waals surface area contributed by atoms with Gasteiger partial charge in [0.1, 0.15) is 11.6 Å². The molecule has 1 fully saturated rings. The Hall–Kier alpha value is -2.48. The van der Waals surface area contributed by atoms with Crippen molar-refractivity contribution in [2.45, 2.75) is 19.3 Å². The predicted molar refractivity (Wildman–Crippen MR) is 92.4 cm³/mol. The summed E-state index contributed by atoms with van der Waals surface area (Å²) in [6.07, 6.45) is -3.05. The SMILES string of the molecule is CC(Nc1ccc(N2CCOCC2)nc1)c1ccccc1OC(F)(F)F. The van der Waals surface area contributed by atoms with Gasteiger partial charge in [0.25, 0.3) is 0 Å². The Labute approximate surface area is 149 Å². The molecule has 8 heteroatoms. The summed E-state index contributed by atoms with van der Waals surface area (Å²) in [7, 11) is 0. The molecule has 1 saturated heterocycles. The van der Waals surface area contributed by atoms with Crippen molar-refractivity contribution >= 4 is 11.5 Å². The van der Waals surface area contributed by atoms with Gasteiger partial charge in [0.05, 0.1) is 31.1 Å². The van der Waals surface area contributed by atoms with Crippen molar-refractivity contribution in [3.63, 3.8) is 0 Å². The number of anilines is 2. The maximum absolute atomic E-state index is 12.6. The molecule has 5 nitrogen and oxygen atoms in total. The van der Waals surface area contributed by atoms with Gasteiger partial charge in [-0.15, -0.1) is 13.2 Å². The van der Waals surface area contributed by atoms with Crippen LogP contribution in [0.3, 0.4) is 0 Å². The first-order chi connectivity index (χ1) is 12.4. The summed E-state index contributed by atoms with van der Waals surface area (Å²) in [5.74, 6) is 0.644. The quantitative estimate of drug-likeness (QED) is 0.866. The van der Waals surface area contributed by atoms with E-state index in [1.54, 1.807) is 25.3 Å². The fourth-order valence-electron chi connectivity index (χ4n) is 2.83. The smallest absolute Gasteiger partial charge is 0.405 e. The molecule has 1 aromatic heterocycles. The van der Waals surface area contributed by atoms with E-state index in [1.165, 1.54) is 12.1 Å². The number of benzene rings is 1. The average molecular weight is 367 g/mol. The summed E-state index contributed by atoms with van der Waals surface area (Å²) >= 11 is 0. The molecule has 0 radical (unpaired) electrons. The molecule has 2 aromatic rings. The van der Waals surface area contributed by atoms with Gasteiger partial charge >= 0.3 is 6.36 Å². The summed E-state index contributed by atoms with van der Waals surface area (Å²) in [5.41, 5.74) is 1.14. The lowest BCUT2D eigenvalue weighted by Crippen LogP contribution is -2.36. The van der Waals surface area contributed by atoms with Crippen molar-refractivity contribution in [1.82, 2.24) is 4.98 Å². The van der Waals surface area contributed by atoms with Crippen molar-refractivity contribution < 1.29 is 22.6 Å². The minimum atomic E-state index is -4.73. The Bertz CT molecular complexity index is 716. The van der Waals surface area contributed by atoms with Crippen LogP contribution in [0.15, 0.2) is 42.6 Å². The number of aromatic nitrogens is 1. The highest BCUT2D eigenvalue weighted by Gasteiger charge is 2.32. The first-order valence-corrected chi connectivity index (χ1v) is 8.32. The Balaban J connectivity index is 1.69. The molecule has 0 saturated carbocycles. The van der Waals surface area contributed by atoms with Gasteiger partial charge in [0.2, 0.25) is 0 Å². The van der Waals surface area contributed by atoms with E-state index in [1.807, 2.05) is 12.1 Å². The van der Waals surface area contributed by atoms with Gasteiger partial charge in [-0.2, -0.15) is 0 Å². The lowest BCUT2D eigenvalue weighted by molar-refractivity contribution is -0.274. The van der Waals surface area contributed by atoms with Crippen LogP contribution in [-0.4, -0.2) is 37.6 Å². The van der Waals surface area contributed by atoms with E-state index in [0.717, 1.165) is 24.6 Å². The largest absolute Gasteiger partial charge is 0.573 e. The van der Waals surface area contributed by atoms with E-state index in [9.17, 15) is 13.2 Å². The van der Waals surface area contributed by atoms with Gasteiger partial charge in [-0.3, -0.25) is 0 Å². The summed E-state index contributed by atoms with van der Waals surface area (Å²) in [4.78, 5) is 6.56. The molecule has 0 spiro atoms. The topological polar surface area (TPSA) is 46.6 Å². The Kier molecular flexibility index (Phi) is 5.51. The number of pyridine rings is 1. The van der Waals surface area contributed by atoms with Gasteiger partial charge in [-0.1, -0.05) is 18.2 Å². The summed E-state index contributed by atoms with van der Waals surface area (Å²) < 4.78 is 47.1. The molecular formula is C18H20F3N3O2. The van der Waals surface area contributed by atoms with E-state index in [4.69, 9.17) is 4.74 Å². The third-order valence-electron chi connectivity index (χ3n) is 4.08. The van der Waals surface area contributed by atoms with Crippen molar-refractivity contribution in [1.29, 1.82) is 0 Å². The highest BCUT2D eigenvalue weighted by atomic mass is 19.4. The third kappa shape index (κ3) is 4.78. The molecule has 1 aliphatic rings. The summed E-state index contributed by atoms with van der Waals surface area (Å²) in [5, 5.41) is 3.16. The second-order valence-electron chi connectivity index (χ2n) is 5.96. The van der Waals surface area contributed by atoms with Crippen LogP contribution >= 0.6 is 0 Å². The molecule has 0 aliphatic carbocycles. The first-order valence-electron chi connectivity index (χ1n) is 8.32. The molecule has 0 amide bonds. The number of morpholine rings is 1. The monoisotopic (exact) mass is 367 g/mol. The maximum Gasteiger partial charge on any atom is 0.573 e. The predicted octanol–water partition coefficient (Wildman–Crippen LogP) is 3.99. The molecule has 1 unspecified atom stereocenters. The van der Waals surface area contributed by atoms with Gasteiger partial charge in [-0.05, 0) is 25.1 Å². The van der Waals surface area contributed by atoms with Crippen molar-refractivity contribution in [3.8, 4) is 5.75 Å². The number of ether oxygens (including phenoxy) is 2. The van der Waals surface area contributed by atoms with Crippen molar-refractivity contribution in [3.05, 3.63) is 48.2 Å². The van der Waals surface area contributed by atoms with E-state index >= 15 is 0 Å². The number of nitrogens with one attached hydrogen (secondary N) is 1. The van der Waals surface area contributed by atoms with Crippen LogP contribution in [-0.2, 0) is 4.74 Å². The first kappa shape index (κ1) is 18.3. The maximum atomic E-state index is 12.6. The van der Waals surface area contributed by atoms with Crippen LogP contribution in [0.4, 0.5) is 24.7 Å². The normalized spacial score (nSPS) is 16.2. The van der Waals surface area contributed by atoms with Gasteiger partial charge in [-0.25, -0.2) is 4.98 Å². The lowest BCUT2D eigenvalue weighted by atomic mass is 10.1. The summed E-state index contributed by atoms with van der Waals surface area (Å²) in [6, 6.07) is 9.46. The molecule has 1 aromatic carbocycles. The van der Waals surface area contributed by atoms with E-state index in [2.05, 4.69) is 19.9 Å². The minimum absolute atomic E-state index is 0.210. The van der Waals surface area contributed by atoms with Crippen molar-refractivity contribution in [2.24, 2.45) is 0 Å². The molecule has 3 rings (SSSR count). The molecule has 1 aliphatic heterocycles. The number of para-hydroxylation sites is 1. The number of hydrogen-bond acceptors (Lipinski definition) is 5. The molecule has 26 heavy (non-hydrogen) atoms. The van der Waals surface area contributed by atoms with Crippen LogP contribution in [0.2, 0.25) is 0 Å². The second-order valence-corrected chi connectivity index (χ2v) is 5.96. The summed E-state index contributed by atoms with van der Waals surface area (Å²) in [6.45, 7) is 4.70. The zero-order valence-corrected chi connectivity index (χ0v) is 14.3. The van der Waals surface area contributed by atoms with Gasteiger partial charge in [0, 0.05) is 18.7 Å². The van der Waals surface area contributed by atoms with Crippen LogP contribution in [0.5, 0.6) is 5.75 Å². The minimum Gasteiger partial charge on any atom is -0.405 e. The second kappa shape index (κ2) is 7.82. The number of nitrogens with zero attached hydrogens (tertiary/aromatic N) is 2. The number of hydrogen-bond donors (Lipinski definition) is 1. The molecule has 2 heterocycles. The number of halogens is 3. The fourth-order valence-corrected chi connectivity index (χ4v) is 2.83. The zero-order valence-electron chi connectivity index (χ0n) is 14.3. The van der Waals surface area contributed by atoms with Gasteiger partial charge in [0.15, 0.2) is 0 Å². The van der Waals surface area contributed by atoms with Gasteiger partial charge < -0.3 is 19.7 Å². The average Bonchev–Trinajstić information content (AvgIpc) is 2.62. The van der Waals surface area contributed by atoms with Crippen molar-refractivity contribution in [2.75, 3.05) is 36.5 Å². The van der Waals surface area contributed by atoms with Crippen LogP contribution in [0.25, 0.3) is 0 Å². The molecular weight excluding hydrogens is 347 g/mol. The third-order valence-corrected chi connectivity index (χ3v) is 4.08. The van der Waals surface area contributed by atoms with E-state index in [0.29, 0.717) is 18.8 Å². The van der Waals surface area contributed by atoms with Crippen LogP contribution < -0.4 is 15.0 Å². The molecule has 0 bridgehead atoms. The van der Waals surface area contributed by atoms with E-state index < -0.39 is 6.36 Å². The highest BCUT2D eigenvalue weighted by Crippen LogP contribution is 2.31. The Morgan fingerprint density at radius 2 is 1.88 bits per heavy atom. The van der Waals surface area contributed by atoms with E-state index in [-0.39, 0.29) is 11.8 Å². The Morgan fingerprint density at radius 3 is 2.54 bits per heavy atom. The zero-order chi connectivity index (χ0) is 18.6. The standard InChI is InChI=1S/C18H20F3N3O2/c1-13(15-4-2-3-5-16(15)26-18(19,20)21)23-14-6-7-17(22-12-14)24-8-10-25-11-9-24/h2-7,12-13,23H,8-11H2,1H3.